The fourth-order valence-electron chi connectivity index (χ4n) is 2.82. The minimum atomic E-state index is 0.447. The molecule has 1 atom stereocenters. The molecule has 1 aliphatic heterocycles. The van der Waals surface area contributed by atoms with Crippen molar-refractivity contribution in [2.45, 2.75) is 32.5 Å². The Kier molecular flexibility index (Phi) is 4.14. The van der Waals surface area contributed by atoms with Crippen LogP contribution in [0.5, 0.6) is 0 Å². The Labute approximate surface area is 121 Å². The van der Waals surface area contributed by atoms with Crippen molar-refractivity contribution in [3.63, 3.8) is 0 Å². The van der Waals surface area contributed by atoms with Crippen LogP contribution in [-0.4, -0.2) is 6.54 Å². The van der Waals surface area contributed by atoms with Gasteiger partial charge in [-0.3, -0.25) is 0 Å². The number of nitrogens with one attached hydrogen (secondary N) is 2. The highest BCUT2D eigenvalue weighted by molar-refractivity contribution is 5.31. The summed E-state index contributed by atoms with van der Waals surface area (Å²) in [5.74, 6) is 0. The zero-order valence-electron chi connectivity index (χ0n) is 12.0. The van der Waals surface area contributed by atoms with Crippen molar-refractivity contribution in [3.05, 3.63) is 70.8 Å². The van der Waals surface area contributed by atoms with Crippen LogP contribution in [0.3, 0.4) is 0 Å². The van der Waals surface area contributed by atoms with Crippen LogP contribution in [-0.2, 0) is 13.1 Å². The molecule has 0 spiro atoms. The predicted molar refractivity (Wildman–Crippen MR) is 83.5 cm³/mol. The highest BCUT2D eigenvalue weighted by Gasteiger charge is 2.17. The number of benzene rings is 2. The molecule has 1 heterocycles. The normalized spacial score (nSPS) is 18.4. The lowest BCUT2D eigenvalue weighted by atomic mass is 9.99. The maximum atomic E-state index is 3.71. The first-order valence-electron chi connectivity index (χ1n) is 7.40. The topological polar surface area (TPSA) is 24.1 Å². The number of hydrogen-bond donors (Lipinski definition) is 2. The van der Waals surface area contributed by atoms with E-state index in [1.165, 1.54) is 22.3 Å². The van der Waals surface area contributed by atoms with Crippen molar-refractivity contribution in [2.75, 3.05) is 6.54 Å². The molecule has 2 nitrogen and oxygen atoms in total. The fourth-order valence-corrected chi connectivity index (χ4v) is 2.82. The van der Waals surface area contributed by atoms with Crippen LogP contribution in [0.4, 0.5) is 0 Å². The van der Waals surface area contributed by atoms with E-state index in [9.17, 15) is 0 Å². The molecule has 3 rings (SSSR count). The van der Waals surface area contributed by atoms with Gasteiger partial charge in [0.1, 0.15) is 0 Å². The van der Waals surface area contributed by atoms with Gasteiger partial charge in [-0.05, 0) is 36.6 Å². The van der Waals surface area contributed by atoms with Crippen molar-refractivity contribution in [1.29, 1.82) is 0 Å². The molecule has 0 radical (unpaired) electrons. The molecule has 2 heteroatoms. The van der Waals surface area contributed by atoms with Gasteiger partial charge in [0, 0.05) is 19.1 Å². The molecule has 0 fully saturated rings. The first kappa shape index (κ1) is 13.3. The standard InChI is InChI=1S/C18H22N2/c1-14-6-8-15(9-7-14)12-20-18-10-11-19-13-16-4-2-3-5-17(16)18/h2-9,18-20H,10-13H2,1H3. The molecule has 2 N–H and O–H groups in total. The zero-order valence-corrected chi connectivity index (χ0v) is 12.0. The summed E-state index contributed by atoms with van der Waals surface area (Å²) in [6.07, 6.45) is 1.14. The third-order valence-electron chi connectivity index (χ3n) is 4.03. The van der Waals surface area contributed by atoms with Crippen LogP contribution in [0.1, 0.15) is 34.7 Å². The van der Waals surface area contributed by atoms with Crippen LogP contribution < -0.4 is 10.6 Å². The Morgan fingerprint density at radius 2 is 1.90 bits per heavy atom. The van der Waals surface area contributed by atoms with Gasteiger partial charge in [0.2, 0.25) is 0 Å². The molecule has 1 unspecified atom stereocenters. The first-order valence-corrected chi connectivity index (χ1v) is 7.40. The van der Waals surface area contributed by atoms with Crippen LogP contribution >= 0.6 is 0 Å². The Balaban J connectivity index is 1.72. The summed E-state index contributed by atoms with van der Waals surface area (Å²) >= 11 is 0. The van der Waals surface area contributed by atoms with Crippen LogP contribution in [0.2, 0.25) is 0 Å². The van der Waals surface area contributed by atoms with E-state index in [2.05, 4.69) is 66.1 Å². The van der Waals surface area contributed by atoms with Gasteiger partial charge in [0.15, 0.2) is 0 Å². The second-order valence-electron chi connectivity index (χ2n) is 5.58. The van der Waals surface area contributed by atoms with E-state index in [1.54, 1.807) is 0 Å². The maximum absolute atomic E-state index is 3.71. The SMILES string of the molecule is Cc1ccc(CNC2CCNCc3ccccc32)cc1. The number of rotatable bonds is 3. The molecule has 20 heavy (non-hydrogen) atoms. The van der Waals surface area contributed by atoms with Crippen molar-refractivity contribution in [2.24, 2.45) is 0 Å². The van der Waals surface area contributed by atoms with E-state index in [-0.39, 0.29) is 0 Å². The highest BCUT2D eigenvalue weighted by Crippen LogP contribution is 2.23. The van der Waals surface area contributed by atoms with Gasteiger partial charge >= 0.3 is 0 Å². The van der Waals surface area contributed by atoms with E-state index < -0.39 is 0 Å². The molecular weight excluding hydrogens is 244 g/mol. The third-order valence-corrected chi connectivity index (χ3v) is 4.03. The van der Waals surface area contributed by atoms with Gasteiger partial charge in [-0.15, -0.1) is 0 Å². The van der Waals surface area contributed by atoms with Gasteiger partial charge in [0.25, 0.3) is 0 Å². The molecule has 104 valence electrons. The lowest BCUT2D eigenvalue weighted by Gasteiger charge is -2.19. The molecule has 1 aliphatic rings. The van der Waals surface area contributed by atoms with Crippen molar-refractivity contribution < 1.29 is 0 Å². The maximum Gasteiger partial charge on any atom is 0.0338 e. The van der Waals surface area contributed by atoms with Crippen molar-refractivity contribution >= 4 is 0 Å². The fraction of sp³-hybridized carbons (Fsp3) is 0.333. The molecule has 0 amide bonds. The van der Waals surface area contributed by atoms with E-state index in [4.69, 9.17) is 0 Å². The number of aryl methyl sites for hydroxylation is 1. The molecule has 0 saturated heterocycles. The van der Waals surface area contributed by atoms with E-state index in [0.29, 0.717) is 6.04 Å². The van der Waals surface area contributed by atoms with Gasteiger partial charge in [-0.25, -0.2) is 0 Å². The highest BCUT2D eigenvalue weighted by atomic mass is 14.9. The third kappa shape index (κ3) is 3.09. The summed E-state index contributed by atoms with van der Waals surface area (Å²) in [5, 5.41) is 7.21. The van der Waals surface area contributed by atoms with Gasteiger partial charge in [-0.1, -0.05) is 54.1 Å². The number of hydrogen-bond acceptors (Lipinski definition) is 2. The summed E-state index contributed by atoms with van der Waals surface area (Å²) in [5.41, 5.74) is 5.54. The number of fused-ring (bicyclic) bond motifs is 1. The molecule has 0 bridgehead atoms. The monoisotopic (exact) mass is 266 g/mol. The second kappa shape index (κ2) is 6.21. The lowest BCUT2D eigenvalue weighted by molar-refractivity contribution is 0.496. The van der Waals surface area contributed by atoms with Crippen molar-refractivity contribution in [3.8, 4) is 0 Å². The average Bonchev–Trinajstić information content (AvgIpc) is 2.69. The summed E-state index contributed by atoms with van der Waals surface area (Å²) in [7, 11) is 0. The zero-order chi connectivity index (χ0) is 13.8. The quantitative estimate of drug-likeness (QED) is 0.890. The van der Waals surface area contributed by atoms with Crippen LogP contribution in [0.25, 0.3) is 0 Å². The average molecular weight is 266 g/mol. The minimum Gasteiger partial charge on any atom is -0.313 e. The summed E-state index contributed by atoms with van der Waals surface area (Å²) < 4.78 is 0. The summed E-state index contributed by atoms with van der Waals surface area (Å²) in [4.78, 5) is 0. The first-order chi connectivity index (χ1) is 9.83. The van der Waals surface area contributed by atoms with Crippen molar-refractivity contribution in [1.82, 2.24) is 10.6 Å². The van der Waals surface area contributed by atoms with Crippen LogP contribution in [0, 0.1) is 6.92 Å². The van der Waals surface area contributed by atoms with Gasteiger partial charge in [0.05, 0.1) is 0 Å². The Hall–Kier alpha value is -1.64. The summed E-state index contributed by atoms with van der Waals surface area (Å²) in [6.45, 7) is 5.11. The van der Waals surface area contributed by atoms with E-state index in [0.717, 1.165) is 26.1 Å². The molecule has 0 aromatic heterocycles. The molecule has 2 aromatic carbocycles. The van der Waals surface area contributed by atoms with E-state index >= 15 is 0 Å². The molecular formula is C18H22N2. The molecule has 0 saturated carbocycles. The molecule has 2 aromatic rings. The predicted octanol–water partition coefficient (Wildman–Crippen LogP) is 3.32. The van der Waals surface area contributed by atoms with E-state index in [1.807, 2.05) is 0 Å². The largest absolute Gasteiger partial charge is 0.313 e. The Morgan fingerprint density at radius 3 is 2.75 bits per heavy atom. The minimum absolute atomic E-state index is 0.447. The van der Waals surface area contributed by atoms with Gasteiger partial charge < -0.3 is 10.6 Å². The Bertz CT molecular complexity index is 560. The Morgan fingerprint density at radius 1 is 1.10 bits per heavy atom. The summed E-state index contributed by atoms with van der Waals surface area (Å²) in [6, 6.07) is 18.0. The van der Waals surface area contributed by atoms with Gasteiger partial charge in [-0.2, -0.15) is 0 Å². The second-order valence-corrected chi connectivity index (χ2v) is 5.58. The lowest BCUT2D eigenvalue weighted by Crippen LogP contribution is -2.22. The molecule has 0 aliphatic carbocycles. The smallest absolute Gasteiger partial charge is 0.0338 e. The van der Waals surface area contributed by atoms with Crippen LogP contribution in [0.15, 0.2) is 48.5 Å².